The number of H-pyrrole nitrogens is 1. The van der Waals surface area contributed by atoms with Crippen molar-refractivity contribution < 1.29 is 9.53 Å². The number of methoxy groups -OCH3 is 1. The number of fused-ring (bicyclic) bond motifs is 1. The van der Waals surface area contributed by atoms with E-state index < -0.39 is 5.41 Å². The van der Waals surface area contributed by atoms with Crippen LogP contribution in [0.15, 0.2) is 17.3 Å². The molecule has 1 aliphatic carbocycles. The van der Waals surface area contributed by atoms with Crippen LogP contribution in [0.3, 0.4) is 0 Å². The van der Waals surface area contributed by atoms with Crippen molar-refractivity contribution in [1.82, 2.24) is 19.6 Å². The van der Waals surface area contributed by atoms with Crippen molar-refractivity contribution in [2.75, 3.05) is 7.11 Å². The molecular weight excluding hydrogens is 284 g/mol. The first-order chi connectivity index (χ1) is 10.4. The molecule has 0 saturated heterocycles. The summed E-state index contributed by atoms with van der Waals surface area (Å²) in [5.41, 5.74) is -0.403. The lowest BCUT2D eigenvalue weighted by Gasteiger charge is -2.40. The summed E-state index contributed by atoms with van der Waals surface area (Å²) < 4.78 is 6.53. The molecule has 1 aliphatic rings. The van der Waals surface area contributed by atoms with Crippen molar-refractivity contribution in [2.45, 2.75) is 44.9 Å². The van der Waals surface area contributed by atoms with Crippen molar-refractivity contribution in [2.24, 2.45) is 5.41 Å². The summed E-state index contributed by atoms with van der Waals surface area (Å²) in [4.78, 5) is 30.7. The molecule has 0 radical (unpaired) electrons. The van der Waals surface area contributed by atoms with Gasteiger partial charge in [-0.2, -0.15) is 5.10 Å². The fourth-order valence-corrected chi connectivity index (χ4v) is 3.28. The van der Waals surface area contributed by atoms with Gasteiger partial charge in [0.2, 0.25) is 0 Å². The normalized spacial score (nSPS) is 28.7. The Balaban J connectivity index is 1.94. The molecule has 1 saturated carbocycles. The monoisotopic (exact) mass is 304 g/mol. The first-order valence-corrected chi connectivity index (χ1v) is 7.40. The van der Waals surface area contributed by atoms with Gasteiger partial charge in [-0.05, 0) is 32.6 Å². The Labute approximate surface area is 127 Å². The van der Waals surface area contributed by atoms with Crippen LogP contribution in [0.25, 0.3) is 5.52 Å². The lowest BCUT2D eigenvalue weighted by molar-refractivity contribution is -0.154. The maximum Gasteiger partial charge on any atom is 0.311 e. The van der Waals surface area contributed by atoms with Crippen LogP contribution in [0, 0.1) is 5.41 Å². The van der Waals surface area contributed by atoms with Crippen molar-refractivity contribution in [1.29, 1.82) is 0 Å². The molecule has 2 aromatic rings. The second-order valence-corrected chi connectivity index (χ2v) is 6.61. The average molecular weight is 304 g/mol. The van der Waals surface area contributed by atoms with E-state index in [9.17, 15) is 9.59 Å². The van der Waals surface area contributed by atoms with Crippen LogP contribution in [-0.2, 0) is 14.9 Å². The number of hydrogen-bond donors (Lipinski definition) is 1. The summed E-state index contributed by atoms with van der Waals surface area (Å²) >= 11 is 0. The topological polar surface area (TPSA) is 89.3 Å². The molecule has 7 heteroatoms. The minimum Gasteiger partial charge on any atom is -0.469 e. The number of aromatic amines is 1. The Morgan fingerprint density at radius 1 is 1.32 bits per heavy atom. The summed E-state index contributed by atoms with van der Waals surface area (Å²) in [5, 5.41) is 4.22. The Morgan fingerprint density at radius 3 is 2.64 bits per heavy atom. The highest BCUT2D eigenvalue weighted by Gasteiger charge is 2.45. The fourth-order valence-electron chi connectivity index (χ4n) is 3.28. The molecule has 1 N–H and O–H groups in total. The van der Waals surface area contributed by atoms with Gasteiger partial charge in [-0.1, -0.05) is 6.92 Å². The molecule has 0 aromatic carbocycles. The van der Waals surface area contributed by atoms with E-state index in [1.54, 1.807) is 10.7 Å². The molecule has 118 valence electrons. The first kappa shape index (κ1) is 14.7. The quantitative estimate of drug-likeness (QED) is 0.848. The number of carbonyl (C=O) groups excluding carboxylic acids is 1. The van der Waals surface area contributed by atoms with Gasteiger partial charge in [0, 0.05) is 5.41 Å². The number of nitrogens with zero attached hydrogens (tertiary/aromatic N) is 3. The third-order valence-electron chi connectivity index (χ3n) is 5.01. The molecule has 0 spiro atoms. The second kappa shape index (κ2) is 4.93. The molecule has 2 aromatic heterocycles. The Kier molecular flexibility index (Phi) is 3.30. The number of rotatable bonds is 2. The second-order valence-electron chi connectivity index (χ2n) is 6.61. The van der Waals surface area contributed by atoms with E-state index in [4.69, 9.17) is 4.74 Å². The average Bonchev–Trinajstić information content (AvgIpc) is 2.96. The van der Waals surface area contributed by atoms with Gasteiger partial charge in [0.25, 0.3) is 5.56 Å². The molecule has 0 bridgehead atoms. The van der Waals surface area contributed by atoms with Crippen LogP contribution in [0.2, 0.25) is 0 Å². The molecule has 2 heterocycles. The third-order valence-corrected chi connectivity index (χ3v) is 5.01. The molecule has 0 atom stereocenters. The standard InChI is InChI=1S/C15H20N4O3/c1-14(4-6-15(2,7-5-14)13(21)22-3)12-16-8-10-11(20)17-9-18-19(10)12/h8-9H,4-7H2,1-3H3,(H,17,18,20)/t14-,15+. The molecule has 3 rings (SSSR count). The molecular formula is C15H20N4O3. The highest BCUT2D eigenvalue weighted by Crippen LogP contribution is 2.46. The predicted molar refractivity (Wildman–Crippen MR) is 79.6 cm³/mol. The lowest BCUT2D eigenvalue weighted by Crippen LogP contribution is -2.40. The maximum absolute atomic E-state index is 11.9. The van der Waals surface area contributed by atoms with Gasteiger partial charge in [0.05, 0.1) is 18.7 Å². The van der Waals surface area contributed by atoms with Gasteiger partial charge in [-0.25, -0.2) is 9.50 Å². The van der Waals surface area contributed by atoms with Crippen molar-refractivity contribution in [3.63, 3.8) is 0 Å². The van der Waals surface area contributed by atoms with E-state index in [1.807, 2.05) is 6.92 Å². The van der Waals surface area contributed by atoms with Crippen LogP contribution >= 0.6 is 0 Å². The van der Waals surface area contributed by atoms with Crippen molar-refractivity contribution in [3.05, 3.63) is 28.7 Å². The predicted octanol–water partition coefficient (Wildman–Crippen LogP) is 1.43. The molecule has 1 fully saturated rings. The SMILES string of the molecule is COC(=O)[C@]1(C)CC[C@](C)(c2ncc3c(=O)[nH]cnn32)CC1. The van der Waals surface area contributed by atoms with Crippen LogP contribution in [0.1, 0.15) is 45.4 Å². The minimum absolute atomic E-state index is 0.155. The number of nitrogens with one attached hydrogen (secondary N) is 1. The van der Waals surface area contributed by atoms with E-state index in [1.165, 1.54) is 13.4 Å². The zero-order valence-electron chi connectivity index (χ0n) is 13.0. The molecule has 0 aliphatic heterocycles. The Hall–Kier alpha value is -2.18. The van der Waals surface area contributed by atoms with Gasteiger partial charge in [-0.3, -0.25) is 9.59 Å². The van der Waals surface area contributed by atoms with Crippen LogP contribution in [-0.4, -0.2) is 32.7 Å². The van der Waals surface area contributed by atoms with Gasteiger partial charge in [-0.15, -0.1) is 0 Å². The molecule has 0 amide bonds. The summed E-state index contributed by atoms with van der Waals surface area (Å²) in [7, 11) is 1.43. The van der Waals surface area contributed by atoms with E-state index in [0.717, 1.165) is 31.5 Å². The van der Waals surface area contributed by atoms with E-state index in [2.05, 4.69) is 22.0 Å². The molecule has 0 unspecified atom stereocenters. The maximum atomic E-state index is 11.9. The smallest absolute Gasteiger partial charge is 0.311 e. The van der Waals surface area contributed by atoms with Crippen LogP contribution < -0.4 is 5.56 Å². The number of carbonyl (C=O) groups is 1. The summed E-state index contributed by atoms with van der Waals surface area (Å²) in [6.07, 6.45) is 5.99. The minimum atomic E-state index is -0.438. The summed E-state index contributed by atoms with van der Waals surface area (Å²) in [5.74, 6) is 0.623. The Bertz CT molecular complexity index is 768. The highest BCUT2D eigenvalue weighted by molar-refractivity contribution is 5.76. The number of imidazole rings is 1. The van der Waals surface area contributed by atoms with E-state index in [0.29, 0.717) is 5.52 Å². The van der Waals surface area contributed by atoms with Crippen LogP contribution in [0.4, 0.5) is 0 Å². The zero-order valence-corrected chi connectivity index (χ0v) is 13.0. The zero-order chi connectivity index (χ0) is 16.0. The van der Waals surface area contributed by atoms with Crippen molar-refractivity contribution >= 4 is 11.5 Å². The number of hydrogen-bond acceptors (Lipinski definition) is 5. The third kappa shape index (κ3) is 2.12. The van der Waals surface area contributed by atoms with Gasteiger partial charge >= 0.3 is 5.97 Å². The largest absolute Gasteiger partial charge is 0.469 e. The van der Waals surface area contributed by atoms with Crippen molar-refractivity contribution in [3.8, 4) is 0 Å². The van der Waals surface area contributed by atoms with E-state index >= 15 is 0 Å². The molecule has 7 nitrogen and oxygen atoms in total. The number of aromatic nitrogens is 4. The van der Waals surface area contributed by atoms with Gasteiger partial charge < -0.3 is 9.72 Å². The first-order valence-electron chi connectivity index (χ1n) is 7.40. The fraction of sp³-hybridized carbons (Fsp3) is 0.600. The van der Waals surface area contributed by atoms with Gasteiger partial charge in [0.1, 0.15) is 12.2 Å². The highest BCUT2D eigenvalue weighted by atomic mass is 16.5. The Morgan fingerprint density at radius 2 is 2.00 bits per heavy atom. The summed E-state index contributed by atoms with van der Waals surface area (Å²) in [6.45, 7) is 4.06. The number of ether oxygens (including phenoxy) is 1. The summed E-state index contributed by atoms with van der Waals surface area (Å²) in [6, 6.07) is 0. The van der Waals surface area contributed by atoms with Crippen LogP contribution in [0.5, 0.6) is 0 Å². The number of esters is 1. The molecule has 22 heavy (non-hydrogen) atoms. The lowest BCUT2D eigenvalue weighted by atomic mass is 9.65. The van der Waals surface area contributed by atoms with Gasteiger partial charge in [0.15, 0.2) is 5.52 Å². The van der Waals surface area contributed by atoms with E-state index in [-0.39, 0.29) is 16.9 Å².